The highest BCUT2D eigenvalue weighted by Crippen LogP contribution is 2.17. The highest BCUT2D eigenvalue weighted by molar-refractivity contribution is 5.79. The lowest BCUT2D eigenvalue weighted by molar-refractivity contribution is 0.150. The number of nitrogens with zero attached hydrogens (tertiary/aromatic N) is 3. The minimum atomic E-state index is 0.503. The van der Waals surface area contributed by atoms with Crippen LogP contribution >= 0.6 is 0 Å². The van der Waals surface area contributed by atoms with Crippen LogP contribution < -0.4 is 10.6 Å². The van der Waals surface area contributed by atoms with Gasteiger partial charge in [0.15, 0.2) is 5.96 Å². The first-order valence-corrected chi connectivity index (χ1v) is 9.35. The van der Waals surface area contributed by atoms with Crippen LogP contribution in [0.2, 0.25) is 0 Å². The molecule has 0 radical (unpaired) electrons. The number of hydrogen-bond donors (Lipinski definition) is 2. The van der Waals surface area contributed by atoms with Crippen LogP contribution in [0.25, 0.3) is 0 Å². The summed E-state index contributed by atoms with van der Waals surface area (Å²) in [5.74, 6) is 1.79. The highest BCUT2D eigenvalue weighted by atomic mass is 15.2. The molecule has 0 amide bonds. The zero-order chi connectivity index (χ0) is 17.2. The standard InChI is InChI=1S/C19H33N5/c1-4-20-19(22-12-8-18-7-5-6-11-21-18)23-15-17(3)24-13-9-16(2)10-14-24/h5-7,11,16-17H,4,8-10,12-15H2,1-3H3,(H2,20,22,23). The molecule has 2 heterocycles. The van der Waals surface area contributed by atoms with E-state index < -0.39 is 0 Å². The third-order valence-electron chi connectivity index (χ3n) is 4.70. The van der Waals surface area contributed by atoms with Gasteiger partial charge in [0.1, 0.15) is 0 Å². The van der Waals surface area contributed by atoms with E-state index >= 15 is 0 Å². The van der Waals surface area contributed by atoms with Gasteiger partial charge in [0.2, 0.25) is 0 Å². The molecule has 1 saturated heterocycles. The minimum absolute atomic E-state index is 0.503. The van der Waals surface area contributed by atoms with E-state index in [1.54, 1.807) is 0 Å². The summed E-state index contributed by atoms with van der Waals surface area (Å²) < 4.78 is 0. The van der Waals surface area contributed by atoms with Crippen LogP contribution in [0.3, 0.4) is 0 Å². The zero-order valence-electron chi connectivity index (χ0n) is 15.5. The number of pyridine rings is 1. The molecule has 2 rings (SSSR count). The molecule has 1 aromatic rings. The maximum absolute atomic E-state index is 4.77. The molecule has 5 nitrogen and oxygen atoms in total. The van der Waals surface area contributed by atoms with Gasteiger partial charge >= 0.3 is 0 Å². The number of rotatable bonds is 7. The maximum Gasteiger partial charge on any atom is 0.191 e. The molecular formula is C19H33N5. The fraction of sp³-hybridized carbons (Fsp3) is 0.684. The second-order valence-electron chi connectivity index (χ2n) is 6.78. The number of aromatic nitrogens is 1. The molecule has 0 spiro atoms. The van der Waals surface area contributed by atoms with E-state index in [1.807, 2.05) is 18.3 Å². The fourth-order valence-corrected chi connectivity index (χ4v) is 3.00. The molecule has 2 N–H and O–H groups in total. The SMILES string of the molecule is CCNC(=NCC(C)N1CCC(C)CC1)NCCc1ccccn1. The summed E-state index contributed by atoms with van der Waals surface area (Å²) in [6, 6.07) is 6.54. The summed E-state index contributed by atoms with van der Waals surface area (Å²) in [7, 11) is 0. The lowest BCUT2D eigenvalue weighted by Gasteiger charge is -2.34. The van der Waals surface area contributed by atoms with Gasteiger partial charge in [-0.2, -0.15) is 0 Å². The van der Waals surface area contributed by atoms with Crippen molar-refractivity contribution in [3.63, 3.8) is 0 Å². The first kappa shape index (κ1) is 18.7. The molecule has 1 fully saturated rings. The van der Waals surface area contributed by atoms with E-state index in [9.17, 15) is 0 Å². The second kappa shape index (κ2) is 10.3. The minimum Gasteiger partial charge on any atom is -0.357 e. The zero-order valence-corrected chi connectivity index (χ0v) is 15.5. The Kier molecular flexibility index (Phi) is 8.02. The molecule has 24 heavy (non-hydrogen) atoms. The largest absolute Gasteiger partial charge is 0.357 e. The van der Waals surface area contributed by atoms with Gasteiger partial charge in [0.25, 0.3) is 0 Å². The summed E-state index contributed by atoms with van der Waals surface area (Å²) in [6.45, 7) is 11.7. The van der Waals surface area contributed by atoms with Crippen molar-refractivity contribution in [2.45, 2.75) is 46.1 Å². The topological polar surface area (TPSA) is 52.6 Å². The van der Waals surface area contributed by atoms with Crippen molar-refractivity contribution >= 4 is 5.96 Å². The summed E-state index contributed by atoms with van der Waals surface area (Å²) in [6.07, 6.45) is 5.38. The van der Waals surface area contributed by atoms with E-state index in [0.29, 0.717) is 6.04 Å². The average molecular weight is 332 g/mol. The number of nitrogens with one attached hydrogen (secondary N) is 2. The second-order valence-corrected chi connectivity index (χ2v) is 6.78. The summed E-state index contributed by atoms with van der Waals surface area (Å²) >= 11 is 0. The van der Waals surface area contributed by atoms with Gasteiger partial charge in [-0.05, 0) is 57.8 Å². The Morgan fingerprint density at radius 2 is 2.12 bits per heavy atom. The predicted molar refractivity (Wildman–Crippen MR) is 101 cm³/mol. The Balaban J connectivity index is 1.77. The Morgan fingerprint density at radius 1 is 1.33 bits per heavy atom. The predicted octanol–water partition coefficient (Wildman–Crippen LogP) is 2.30. The molecule has 1 aliphatic rings. The van der Waals surface area contributed by atoms with Crippen LogP contribution in [0.15, 0.2) is 29.4 Å². The van der Waals surface area contributed by atoms with Crippen molar-refractivity contribution in [2.24, 2.45) is 10.9 Å². The fourth-order valence-electron chi connectivity index (χ4n) is 3.00. The van der Waals surface area contributed by atoms with Crippen LogP contribution in [0.4, 0.5) is 0 Å². The van der Waals surface area contributed by atoms with Gasteiger partial charge < -0.3 is 10.6 Å². The van der Waals surface area contributed by atoms with Crippen LogP contribution in [-0.4, -0.2) is 54.6 Å². The molecule has 0 aromatic carbocycles. The monoisotopic (exact) mass is 331 g/mol. The Labute approximate surface area is 147 Å². The molecule has 1 aromatic heterocycles. The molecule has 5 heteroatoms. The van der Waals surface area contributed by atoms with E-state index in [0.717, 1.165) is 43.6 Å². The number of piperidine rings is 1. The van der Waals surface area contributed by atoms with E-state index in [4.69, 9.17) is 4.99 Å². The van der Waals surface area contributed by atoms with Gasteiger partial charge in [-0.25, -0.2) is 0 Å². The Morgan fingerprint density at radius 3 is 2.79 bits per heavy atom. The highest BCUT2D eigenvalue weighted by Gasteiger charge is 2.19. The van der Waals surface area contributed by atoms with Crippen molar-refractivity contribution in [3.05, 3.63) is 30.1 Å². The lowest BCUT2D eigenvalue weighted by Crippen LogP contribution is -2.43. The van der Waals surface area contributed by atoms with Crippen molar-refractivity contribution in [1.82, 2.24) is 20.5 Å². The normalized spacial score (nSPS) is 18.4. The first-order chi connectivity index (χ1) is 11.7. The summed E-state index contributed by atoms with van der Waals surface area (Å²) in [4.78, 5) is 11.7. The molecule has 1 unspecified atom stereocenters. The molecule has 134 valence electrons. The van der Waals surface area contributed by atoms with Crippen molar-refractivity contribution in [1.29, 1.82) is 0 Å². The number of likely N-dealkylation sites (tertiary alicyclic amines) is 1. The third kappa shape index (κ3) is 6.48. The van der Waals surface area contributed by atoms with Crippen molar-refractivity contribution in [3.8, 4) is 0 Å². The van der Waals surface area contributed by atoms with E-state index in [-0.39, 0.29) is 0 Å². The quantitative estimate of drug-likeness (QED) is 0.595. The average Bonchev–Trinajstić information content (AvgIpc) is 2.61. The van der Waals surface area contributed by atoms with Crippen molar-refractivity contribution in [2.75, 3.05) is 32.7 Å². The van der Waals surface area contributed by atoms with Gasteiger partial charge in [0, 0.05) is 37.4 Å². The molecule has 0 bridgehead atoms. The van der Waals surface area contributed by atoms with Gasteiger partial charge in [-0.1, -0.05) is 13.0 Å². The maximum atomic E-state index is 4.77. The van der Waals surface area contributed by atoms with Gasteiger partial charge in [0.05, 0.1) is 6.54 Å². The smallest absolute Gasteiger partial charge is 0.191 e. The number of guanidine groups is 1. The van der Waals surface area contributed by atoms with E-state index in [2.05, 4.69) is 47.4 Å². The molecular weight excluding hydrogens is 298 g/mol. The lowest BCUT2D eigenvalue weighted by atomic mass is 9.98. The first-order valence-electron chi connectivity index (χ1n) is 9.35. The van der Waals surface area contributed by atoms with Gasteiger partial charge in [-0.15, -0.1) is 0 Å². The molecule has 1 atom stereocenters. The Hall–Kier alpha value is -1.62. The van der Waals surface area contributed by atoms with Crippen molar-refractivity contribution < 1.29 is 0 Å². The Bertz CT molecular complexity index is 480. The van der Waals surface area contributed by atoms with Gasteiger partial charge in [-0.3, -0.25) is 14.9 Å². The molecule has 0 saturated carbocycles. The molecule has 0 aliphatic carbocycles. The molecule has 1 aliphatic heterocycles. The number of hydrogen-bond acceptors (Lipinski definition) is 3. The van der Waals surface area contributed by atoms with Crippen LogP contribution in [0, 0.1) is 5.92 Å². The summed E-state index contributed by atoms with van der Waals surface area (Å²) in [5, 5.41) is 6.75. The van der Waals surface area contributed by atoms with Crippen LogP contribution in [0.1, 0.15) is 39.3 Å². The summed E-state index contributed by atoms with van der Waals surface area (Å²) in [5.41, 5.74) is 1.11. The van der Waals surface area contributed by atoms with Crippen LogP contribution in [0.5, 0.6) is 0 Å². The van der Waals surface area contributed by atoms with E-state index in [1.165, 1.54) is 25.9 Å². The number of aliphatic imine (C=N–C) groups is 1. The third-order valence-corrected chi connectivity index (χ3v) is 4.70. The van der Waals surface area contributed by atoms with Crippen LogP contribution in [-0.2, 0) is 6.42 Å².